The summed E-state index contributed by atoms with van der Waals surface area (Å²) in [5.74, 6) is -0.332. The summed E-state index contributed by atoms with van der Waals surface area (Å²) in [6, 6.07) is 14.6. The third kappa shape index (κ3) is 4.75. The van der Waals surface area contributed by atoms with E-state index in [4.69, 9.17) is 18.6 Å². The van der Waals surface area contributed by atoms with E-state index in [1.165, 1.54) is 14.0 Å². The van der Waals surface area contributed by atoms with Gasteiger partial charge in [0.2, 0.25) is 5.76 Å². The number of methoxy groups -OCH3 is 2. The number of para-hydroxylation sites is 1. The second kappa shape index (κ2) is 9.25. The van der Waals surface area contributed by atoms with Crippen LogP contribution in [0.5, 0.6) is 5.75 Å². The van der Waals surface area contributed by atoms with Gasteiger partial charge >= 0.3 is 5.97 Å². The lowest BCUT2D eigenvalue weighted by molar-refractivity contribution is -0.129. The first kappa shape index (κ1) is 20.4. The maximum atomic E-state index is 12.6. The van der Waals surface area contributed by atoms with Crippen molar-refractivity contribution in [1.82, 2.24) is 5.32 Å². The number of furan rings is 1. The van der Waals surface area contributed by atoms with Crippen molar-refractivity contribution in [3.05, 3.63) is 65.4 Å². The van der Waals surface area contributed by atoms with Crippen molar-refractivity contribution in [3.8, 4) is 5.75 Å². The molecule has 152 valence electrons. The monoisotopic (exact) mass is 397 g/mol. The summed E-state index contributed by atoms with van der Waals surface area (Å²) in [6.45, 7) is 2.02. The Morgan fingerprint density at radius 2 is 1.79 bits per heavy atom. The van der Waals surface area contributed by atoms with Crippen molar-refractivity contribution in [2.45, 2.75) is 26.2 Å². The van der Waals surface area contributed by atoms with Gasteiger partial charge in [-0.05, 0) is 30.7 Å². The number of rotatable bonds is 8. The van der Waals surface area contributed by atoms with Crippen LogP contribution in [-0.2, 0) is 27.4 Å². The van der Waals surface area contributed by atoms with Gasteiger partial charge in [0.25, 0.3) is 5.91 Å². The highest BCUT2D eigenvalue weighted by Gasteiger charge is 2.25. The summed E-state index contributed by atoms with van der Waals surface area (Å²) >= 11 is 0. The van der Waals surface area contributed by atoms with E-state index in [1.54, 1.807) is 13.2 Å². The molecule has 1 N–H and O–H groups in total. The highest BCUT2D eigenvalue weighted by molar-refractivity contribution is 5.97. The molecule has 1 amide bonds. The van der Waals surface area contributed by atoms with E-state index in [0.29, 0.717) is 17.7 Å². The molecule has 1 atom stereocenters. The predicted octanol–water partition coefficient (Wildman–Crippen LogP) is 3.45. The number of hydrogen-bond acceptors (Lipinski definition) is 6. The highest BCUT2D eigenvalue weighted by Crippen LogP contribution is 2.27. The van der Waals surface area contributed by atoms with Gasteiger partial charge in [0, 0.05) is 24.6 Å². The number of nitrogens with one attached hydrogen (secondary N) is 1. The number of benzene rings is 2. The SMILES string of the molecule is COCc1c(C(=O)OC(C)C(=O)NCc2ccc(OC)cc2)oc2ccccc12. The number of hydrogen-bond donors (Lipinski definition) is 1. The summed E-state index contributed by atoms with van der Waals surface area (Å²) < 4.78 is 21.3. The Balaban J connectivity index is 1.64. The summed E-state index contributed by atoms with van der Waals surface area (Å²) in [4.78, 5) is 24.9. The Bertz CT molecular complexity index is 992. The maximum absolute atomic E-state index is 12.6. The molecule has 1 heterocycles. The molecular weight excluding hydrogens is 374 g/mol. The van der Waals surface area contributed by atoms with Crippen molar-refractivity contribution in [1.29, 1.82) is 0 Å². The van der Waals surface area contributed by atoms with Crippen molar-refractivity contribution < 1.29 is 28.2 Å². The standard InChI is InChI=1S/C22H23NO6/c1-14(21(24)23-12-15-8-10-16(27-3)11-9-15)28-22(25)20-18(13-26-2)17-6-4-5-7-19(17)29-20/h4-11,14H,12-13H2,1-3H3,(H,23,24). The Morgan fingerprint density at radius 3 is 2.48 bits per heavy atom. The van der Waals surface area contributed by atoms with Crippen LogP contribution in [0.4, 0.5) is 0 Å². The molecule has 7 heteroatoms. The Labute approximate surface area is 168 Å². The fraction of sp³-hybridized carbons (Fsp3) is 0.273. The minimum atomic E-state index is -0.982. The Morgan fingerprint density at radius 1 is 1.07 bits per heavy atom. The average molecular weight is 397 g/mol. The average Bonchev–Trinajstić information content (AvgIpc) is 3.11. The third-order valence-corrected chi connectivity index (χ3v) is 4.45. The smallest absolute Gasteiger partial charge is 0.375 e. The first-order chi connectivity index (χ1) is 14.0. The highest BCUT2D eigenvalue weighted by atomic mass is 16.6. The quantitative estimate of drug-likeness (QED) is 0.586. The molecule has 3 rings (SSSR count). The molecule has 1 unspecified atom stereocenters. The van der Waals surface area contributed by atoms with E-state index in [9.17, 15) is 9.59 Å². The minimum absolute atomic E-state index is 0.0443. The van der Waals surface area contributed by atoms with Crippen molar-refractivity contribution >= 4 is 22.8 Å². The number of ether oxygens (including phenoxy) is 3. The van der Waals surface area contributed by atoms with Crippen molar-refractivity contribution in [2.24, 2.45) is 0 Å². The number of amides is 1. The molecule has 0 aliphatic heterocycles. The molecule has 0 saturated heterocycles. The molecule has 1 aromatic heterocycles. The van der Waals surface area contributed by atoms with Crippen LogP contribution >= 0.6 is 0 Å². The molecule has 0 bridgehead atoms. The second-order valence-corrected chi connectivity index (χ2v) is 6.45. The van der Waals surface area contributed by atoms with E-state index in [1.807, 2.05) is 42.5 Å². The van der Waals surface area contributed by atoms with Gasteiger partial charge in [0.05, 0.1) is 13.7 Å². The van der Waals surface area contributed by atoms with Crippen LogP contribution in [0.1, 0.15) is 28.6 Å². The lowest BCUT2D eigenvalue weighted by atomic mass is 10.1. The van der Waals surface area contributed by atoms with E-state index in [2.05, 4.69) is 5.32 Å². The van der Waals surface area contributed by atoms with Crippen LogP contribution in [0.15, 0.2) is 52.9 Å². The van der Waals surface area contributed by atoms with E-state index in [-0.39, 0.29) is 12.4 Å². The molecule has 0 fully saturated rings. The second-order valence-electron chi connectivity index (χ2n) is 6.45. The molecule has 2 aromatic carbocycles. The van der Waals surface area contributed by atoms with Gasteiger partial charge in [-0.1, -0.05) is 30.3 Å². The Hall–Kier alpha value is -3.32. The number of carbonyl (C=O) groups is 2. The number of fused-ring (bicyclic) bond motifs is 1. The maximum Gasteiger partial charge on any atom is 0.375 e. The largest absolute Gasteiger partial charge is 0.497 e. The normalized spacial score (nSPS) is 11.8. The van der Waals surface area contributed by atoms with Gasteiger partial charge in [-0.15, -0.1) is 0 Å². The third-order valence-electron chi connectivity index (χ3n) is 4.45. The predicted molar refractivity (Wildman–Crippen MR) is 107 cm³/mol. The zero-order chi connectivity index (χ0) is 20.8. The summed E-state index contributed by atoms with van der Waals surface area (Å²) in [5, 5.41) is 3.52. The topological polar surface area (TPSA) is 87.0 Å². The van der Waals surface area contributed by atoms with Gasteiger partial charge < -0.3 is 23.9 Å². The fourth-order valence-corrected chi connectivity index (χ4v) is 2.90. The van der Waals surface area contributed by atoms with Crippen LogP contribution in [0.2, 0.25) is 0 Å². The van der Waals surface area contributed by atoms with Gasteiger partial charge in [-0.3, -0.25) is 4.79 Å². The first-order valence-corrected chi connectivity index (χ1v) is 9.14. The van der Waals surface area contributed by atoms with Crippen molar-refractivity contribution in [2.75, 3.05) is 14.2 Å². The molecule has 0 aliphatic carbocycles. The zero-order valence-corrected chi connectivity index (χ0v) is 16.6. The molecule has 0 radical (unpaired) electrons. The van der Waals surface area contributed by atoms with E-state index in [0.717, 1.165) is 16.7 Å². The van der Waals surface area contributed by atoms with Crippen LogP contribution in [0, 0.1) is 0 Å². The van der Waals surface area contributed by atoms with Crippen LogP contribution < -0.4 is 10.1 Å². The fourth-order valence-electron chi connectivity index (χ4n) is 2.90. The van der Waals surface area contributed by atoms with E-state index < -0.39 is 18.0 Å². The first-order valence-electron chi connectivity index (χ1n) is 9.14. The summed E-state index contributed by atoms with van der Waals surface area (Å²) in [7, 11) is 3.12. The molecular formula is C22H23NO6. The van der Waals surface area contributed by atoms with Gasteiger partial charge in [0.15, 0.2) is 6.10 Å². The lowest BCUT2D eigenvalue weighted by Crippen LogP contribution is -2.35. The molecule has 0 spiro atoms. The van der Waals surface area contributed by atoms with Crippen LogP contribution in [-0.4, -0.2) is 32.2 Å². The molecule has 29 heavy (non-hydrogen) atoms. The molecule has 7 nitrogen and oxygen atoms in total. The van der Waals surface area contributed by atoms with Crippen molar-refractivity contribution in [3.63, 3.8) is 0 Å². The van der Waals surface area contributed by atoms with E-state index >= 15 is 0 Å². The van der Waals surface area contributed by atoms with Gasteiger partial charge in [0.1, 0.15) is 11.3 Å². The molecule has 0 saturated carbocycles. The number of esters is 1. The minimum Gasteiger partial charge on any atom is -0.497 e. The Kier molecular flexibility index (Phi) is 6.51. The van der Waals surface area contributed by atoms with Gasteiger partial charge in [-0.25, -0.2) is 4.79 Å². The van der Waals surface area contributed by atoms with Crippen LogP contribution in [0.3, 0.4) is 0 Å². The summed E-state index contributed by atoms with van der Waals surface area (Å²) in [6.07, 6.45) is -0.982. The summed E-state index contributed by atoms with van der Waals surface area (Å²) in [5.41, 5.74) is 2.05. The molecule has 3 aromatic rings. The lowest BCUT2D eigenvalue weighted by Gasteiger charge is -2.13. The molecule has 0 aliphatic rings. The van der Waals surface area contributed by atoms with Gasteiger partial charge in [-0.2, -0.15) is 0 Å². The zero-order valence-electron chi connectivity index (χ0n) is 16.6. The van der Waals surface area contributed by atoms with Crippen LogP contribution in [0.25, 0.3) is 11.0 Å². The number of carbonyl (C=O) groups excluding carboxylic acids is 2.